The molecule has 0 spiro atoms. The molecular weight excluding hydrogens is 464 g/mol. The summed E-state index contributed by atoms with van der Waals surface area (Å²) >= 11 is 0.747. The van der Waals surface area contributed by atoms with Crippen LogP contribution in [0.25, 0.3) is 6.08 Å². The monoisotopic (exact) mass is 486 g/mol. The highest BCUT2D eigenvalue weighted by molar-refractivity contribution is 8.18. The number of likely N-dealkylation sites (tertiary alicyclic amines) is 1. The normalized spacial score (nSPS) is 17.8. The van der Waals surface area contributed by atoms with Crippen molar-refractivity contribution in [1.29, 1.82) is 0 Å². The molecule has 0 atom stereocenters. The third-order valence-corrected chi connectivity index (χ3v) is 7.47. The van der Waals surface area contributed by atoms with Crippen molar-refractivity contribution in [2.24, 2.45) is 0 Å². The van der Waals surface area contributed by atoms with E-state index in [1.807, 2.05) is 6.92 Å². The smallest absolute Gasteiger partial charge is 0.339 e. The lowest BCUT2D eigenvalue weighted by Crippen LogP contribution is -2.40. The Morgan fingerprint density at radius 1 is 1.09 bits per heavy atom. The van der Waals surface area contributed by atoms with E-state index < -0.39 is 21.3 Å². The van der Waals surface area contributed by atoms with Gasteiger partial charge in [-0.2, -0.15) is 8.42 Å². The maximum Gasteiger partial charge on any atom is 0.339 e. The lowest BCUT2D eigenvalue weighted by Gasteiger charge is -2.18. The van der Waals surface area contributed by atoms with Crippen LogP contribution in [-0.4, -0.2) is 54.9 Å². The molecule has 172 valence electrons. The fraction of sp³-hybridized carbons (Fsp3) is 0.261. The SMILES string of the molecule is Cc1ccc(S(=O)(=O)Oc2cccc(/C=C3\SC(=O)N(CC(=O)N4CCCC4)C3=O)c2)cc1. The number of thioether (sulfide) groups is 1. The molecule has 4 rings (SSSR count). The van der Waals surface area contributed by atoms with Crippen LogP contribution in [0.15, 0.2) is 58.3 Å². The molecule has 2 saturated heterocycles. The van der Waals surface area contributed by atoms with Gasteiger partial charge in [0.15, 0.2) is 0 Å². The molecular formula is C23H22N2O6S2. The molecule has 0 aromatic heterocycles. The fourth-order valence-corrected chi connectivity index (χ4v) is 5.29. The van der Waals surface area contributed by atoms with Gasteiger partial charge < -0.3 is 9.08 Å². The number of amides is 3. The summed E-state index contributed by atoms with van der Waals surface area (Å²) in [6.07, 6.45) is 3.33. The van der Waals surface area contributed by atoms with Gasteiger partial charge in [-0.05, 0) is 67.4 Å². The average molecular weight is 487 g/mol. The van der Waals surface area contributed by atoms with Gasteiger partial charge in [-0.15, -0.1) is 0 Å². The van der Waals surface area contributed by atoms with Gasteiger partial charge in [-0.3, -0.25) is 19.3 Å². The van der Waals surface area contributed by atoms with Gasteiger partial charge in [0.25, 0.3) is 11.1 Å². The summed E-state index contributed by atoms with van der Waals surface area (Å²) in [6, 6.07) is 12.5. The van der Waals surface area contributed by atoms with Crippen molar-refractivity contribution in [3.05, 3.63) is 64.6 Å². The van der Waals surface area contributed by atoms with Gasteiger partial charge in [0.2, 0.25) is 5.91 Å². The predicted octanol–water partition coefficient (Wildman–Crippen LogP) is 3.42. The molecule has 2 aliphatic rings. The highest BCUT2D eigenvalue weighted by Gasteiger charge is 2.37. The van der Waals surface area contributed by atoms with Gasteiger partial charge in [0, 0.05) is 13.1 Å². The lowest BCUT2D eigenvalue weighted by molar-refractivity contribution is -0.135. The number of hydrogen-bond donors (Lipinski definition) is 0. The number of carbonyl (C=O) groups is 3. The zero-order chi connectivity index (χ0) is 23.6. The van der Waals surface area contributed by atoms with E-state index in [1.165, 1.54) is 30.3 Å². The summed E-state index contributed by atoms with van der Waals surface area (Å²) < 4.78 is 30.3. The van der Waals surface area contributed by atoms with Crippen LogP contribution < -0.4 is 4.18 Å². The molecule has 0 unspecified atom stereocenters. The first-order valence-corrected chi connectivity index (χ1v) is 12.6. The molecule has 33 heavy (non-hydrogen) atoms. The molecule has 2 aliphatic heterocycles. The number of hydrogen-bond acceptors (Lipinski definition) is 7. The average Bonchev–Trinajstić information content (AvgIpc) is 3.39. The number of carbonyl (C=O) groups excluding carboxylic acids is 3. The zero-order valence-corrected chi connectivity index (χ0v) is 19.5. The summed E-state index contributed by atoms with van der Waals surface area (Å²) in [5.74, 6) is -0.711. The van der Waals surface area contributed by atoms with Crippen molar-refractivity contribution in [3.63, 3.8) is 0 Å². The van der Waals surface area contributed by atoms with Crippen molar-refractivity contribution in [3.8, 4) is 5.75 Å². The first-order valence-electron chi connectivity index (χ1n) is 10.4. The summed E-state index contributed by atoms with van der Waals surface area (Å²) in [5.41, 5.74) is 1.41. The number of aryl methyl sites for hydroxylation is 1. The molecule has 2 aromatic carbocycles. The van der Waals surface area contributed by atoms with Crippen molar-refractivity contribution in [1.82, 2.24) is 9.80 Å². The van der Waals surface area contributed by atoms with Crippen molar-refractivity contribution < 1.29 is 27.0 Å². The van der Waals surface area contributed by atoms with Crippen LogP contribution in [0, 0.1) is 6.92 Å². The molecule has 3 amide bonds. The number of nitrogens with zero attached hydrogens (tertiary/aromatic N) is 2. The fourth-order valence-electron chi connectivity index (χ4n) is 3.53. The maximum absolute atomic E-state index is 12.7. The Morgan fingerprint density at radius 2 is 1.79 bits per heavy atom. The number of rotatable bonds is 6. The molecule has 0 radical (unpaired) electrons. The summed E-state index contributed by atoms with van der Waals surface area (Å²) in [6.45, 7) is 2.86. The standard InChI is InChI=1S/C23H22N2O6S2/c1-16-7-9-19(10-8-16)33(29,30)31-18-6-4-5-17(13-18)14-20-22(27)25(23(28)32-20)15-21(26)24-11-2-3-12-24/h4-10,13-14H,2-3,11-12,15H2,1H3/b20-14-. The Kier molecular flexibility index (Phi) is 6.57. The largest absolute Gasteiger partial charge is 0.379 e. The van der Waals surface area contributed by atoms with Gasteiger partial charge >= 0.3 is 10.1 Å². The first-order chi connectivity index (χ1) is 15.7. The Balaban J connectivity index is 1.48. The quantitative estimate of drug-likeness (QED) is 0.455. The van der Waals surface area contributed by atoms with E-state index in [1.54, 1.807) is 29.2 Å². The zero-order valence-electron chi connectivity index (χ0n) is 17.9. The molecule has 0 bridgehead atoms. The third-order valence-electron chi connectivity index (χ3n) is 5.30. The van der Waals surface area contributed by atoms with Crippen LogP contribution in [-0.2, 0) is 19.7 Å². The van der Waals surface area contributed by atoms with Crippen LogP contribution in [0.2, 0.25) is 0 Å². The van der Waals surface area contributed by atoms with Crippen LogP contribution in [0.1, 0.15) is 24.0 Å². The molecule has 2 heterocycles. The van der Waals surface area contributed by atoms with Crippen molar-refractivity contribution in [2.75, 3.05) is 19.6 Å². The number of imide groups is 1. The number of benzene rings is 2. The van der Waals surface area contributed by atoms with E-state index in [9.17, 15) is 22.8 Å². The van der Waals surface area contributed by atoms with Crippen molar-refractivity contribution >= 4 is 45.0 Å². The molecule has 2 fully saturated rings. The Bertz CT molecular complexity index is 1230. The van der Waals surface area contributed by atoms with Crippen LogP contribution in [0.3, 0.4) is 0 Å². The minimum absolute atomic E-state index is 0.0299. The summed E-state index contributed by atoms with van der Waals surface area (Å²) in [4.78, 5) is 40.2. The van der Waals surface area contributed by atoms with Gasteiger partial charge in [0.1, 0.15) is 17.2 Å². The van der Waals surface area contributed by atoms with E-state index in [4.69, 9.17) is 4.18 Å². The maximum atomic E-state index is 12.7. The molecule has 10 heteroatoms. The minimum atomic E-state index is -4.02. The predicted molar refractivity (Wildman–Crippen MR) is 124 cm³/mol. The van der Waals surface area contributed by atoms with Crippen LogP contribution >= 0.6 is 11.8 Å². The summed E-state index contributed by atoms with van der Waals surface area (Å²) in [7, 11) is -4.02. The second-order valence-corrected chi connectivity index (χ2v) is 10.3. The summed E-state index contributed by atoms with van der Waals surface area (Å²) in [5, 5.41) is -0.506. The van der Waals surface area contributed by atoms with E-state index in [0.29, 0.717) is 18.7 Å². The van der Waals surface area contributed by atoms with E-state index in [2.05, 4.69) is 0 Å². The highest BCUT2D eigenvalue weighted by atomic mass is 32.2. The van der Waals surface area contributed by atoms with Gasteiger partial charge in [0.05, 0.1) is 4.91 Å². The topological polar surface area (TPSA) is 101 Å². The molecule has 0 aliphatic carbocycles. The third kappa shape index (κ3) is 5.28. The Labute approximate surface area is 196 Å². The molecule has 8 nitrogen and oxygen atoms in total. The van der Waals surface area contributed by atoms with E-state index in [-0.39, 0.29) is 28.0 Å². The van der Waals surface area contributed by atoms with Crippen LogP contribution in [0.5, 0.6) is 5.75 Å². The van der Waals surface area contributed by atoms with Crippen LogP contribution in [0.4, 0.5) is 4.79 Å². The second-order valence-electron chi connectivity index (χ2n) is 7.78. The minimum Gasteiger partial charge on any atom is -0.379 e. The molecule has 2 aromatic rings. The Hall–Kier alpha value is -3.11. The van der Waals surface area contributed by atoms with Crippen molar-refractivity contribution in [2.45, 2.75) is 24.7 Å². The van der Waals surface area contributed by atoms with E-state index >= 15 is 0 Å². The molecule has 0 N–H and O–H groups in total. The molecule has 0 saturated carbocycles. The first kappa shape index (κ1) is 23.1. The highest BCUT2D eigenvalue weighted by Crippen LogP contribution is 2.33. The van der Waals surface area contributed by atoms with Gasteiger partial charge in [-0.25, -0.2) is 0 Å². The second kappa shape index (κ2) is 9.40. The Morgan fingerprint density at radius 3 is 2.48 bits per heavy atom. The van der Waals surface area contributed by atoms with Gasteiger partial charge in [-0.1, -0.05) is 29.8 Å². The van der Waals surface area contributed by atoms with E-state index in [0.717, 1.165) is 35.1 Å². The lowest BCUT2D eigenvalue weighted by atomic mass is 10.2.